The summed E-state index contributed by atoms with van der Waals surface area (Å²) in [4.78, 5) is 12.1. The van der Waals surface area contributed by atoms with Gasteiger partial charge in [0.1, 0.15) is 11.5 Å². The molecule has 0 saturated heterocycles. The van der Waals surface area contributed by atoms with Crippen molar-refractivity contribution < 1.29 is 14.3 Å². The predicted molar refractivity (Wildman–Crippen MR) is 102 cm³/mol. The SMILES string of the molecule is CCOc1cccc(NCC(=O)Nc2ccc(OCC(C)C)cc2)c1. The molecule has 0 unspecified atom stereocenters. The number of benzene rings is 2. The maximum absolute atomic E-state index is 12.1. The summed E-state index contributed by atoms with van der Waals surface area (Å²) >= 11 is 0. The molecule has 0 aliphatic heterocycles. The third-order valence-corrected chi connectivity index (χ3v) is 3.32. The van der Waals surface area contributed by atoms with Gasteiger partial charge in [0.25, 0.3) is 0 Å². The summed E-state index contributed by atoms with van der Waals surface area (Å²) in [5.41, 5.74) is 1.59. The summed E-state index contributed by atoms with van der Waals surface area (Å²) in [7, 11) is 0. The van der Waals surface area contributed by atoms with Gasteiger partial charge in [0.15, 0.2) is 0 Å². The smallest absolute Gasteiger partial charge is 0.243 e. The van der Waals surface area contributed by atoms with E-state index >= 15 is 0 Å². The van der Waals surface area contributed by atoms with Gasteiger partial charge in [-0.3, -0.25) is 4.79 Å². The van der Waals surface area contributed by atoms with E-state index in [1.165, 1.54) is 0 Å². The van der Waals surface area contributed by atoms with Crippen molar-refractivity contribution in [3.05, 3.63) is 48.5 Å². The van der Waals surface area contributed by atoms with Crippen LogP contribution in [0.1, 0.15) is 20.8 Å². The number of hydrogen-bond acceptors (Lipinski definition) is 4. The van der Waals surface area contributed by atoms with Crippen LogP contribution < -0.4 is 20.1 Å². The zero-order chi connectivity index (χ0) is 18.1. The molecular weight excluding hydrogens is 316 g/mol. The van der Waals surface area contributed by atoms with Crippen molar-refractivity contribution in [3.63, 3.8) is 0 Å². The van der Waals surface area contributed by atoms with Gasteiger partial charge >= 0.3 is 0 Å². The zero-order valence-corrected chi connectivity index (χ0v) is 15.0. The molecule has 0 atom stereocenters. The van der Waals surface area contributed by atoms with Crippen molar-refractivity contribution in [2.45, 2.75) is 20.8 Å². The maximum atomic E-state index is 12.1. The summed E-state index contributed by atoms with van der Waals surface area (Å²) in [5.74, 6) is 1.95. The molecule has 5 nitrogen and oxygen atoms in total. The Hall–Kier alpha value is -2.69. The molecule has 0 fully saturated rings. The Labute approximate surface area is 149 Å². The van der Waals surface area contributed by atoms with Crippen molar-refractivity contribution in [2.24, 2.45) is 5.92 Å². The van der Waals surface area contributed by atoms with Crippen LogP contribution in [0.25, 0.3) is 0 Å². The lowest BCUT2D eigenvalue weighted by molar-refractivity contribution is -0.114. The number of anilines is 2. The second-order valence-electron chi connectivity index (χ2n) is 6.09. The minimum absolute atomic E-state index is 0.113. The van der Waals surface area contributed by atoms with E-state index in [2.05, 4.69) is 24.5 Å². The number of amides is 1. The van der Waals surface area contributed by atoms with Gasteiger partial charge in [0.2, 0.25) is 5.91 Å². The normalized spacial score (nSPS) is 10.4. The lowest BCUT2D eigenvalue weighted by atomic mass is 10.2. The van der Waals surface area contributed by atoms with Crippen molar-refractivity contribution in [1.29, 1.82) is 0 Å². The topological polar surface area (TPSA) is 59.6 Å². The van der Waals surface area contributed by atoms with Crippen molar-refractivity contribution >= 4 is 17.3 Å². The van der Waals surface area contributed by atoms with Crippen molar-refractivity contribution in [1.82, 2.24) is 0 Å². The molecular formula is C20H26N2O3. The van der Waals surface area contributed by atoms with E-state index in [0.717, 1.165) is 22.9 Å². The lowest BCUT2D eigenvalue weighted by Crippen LogP contribution is -2.21. The van der Waals surface area contributed by atoms with E-state index in [9.17, 15) is 4.79 Å². The van der Waals surface area contributed by atoms with E-state index in [1.807, 2.05) is 55.5 Å². The number of carbonyl (C=O) groups is 1. The maximum Gasteiger partial charge on any atom is 0.243 e. The van der Waals surface area contributed by atoms with Crippen molar-refractivity contribution in [2.75, 3.05) is 30.4 Å². The first-order valence-electron chi connectivity index (χ1n) is 8.56. The molecule has 2 aromatic rings. The van der Waals surface area contributed by atoms with E-state index in [1.54, 1.807) is 0 Å². The Morgan fingerprint density at radius 1 is 1.00 bits per heavy atom. The second-order valence-corrected chi connectivity index (χ2v) is 6.09. The molecule has 0 bridgehead atoms. The van der Waals surface area contributed by atoms with Gasteiger partial charge in [-0.15, -0.1) is 0 Å². The van der Waals surface area contributed by atoms with Gasteiger partial charge in [-0.2, -0.15) is 0 Å². The molecule has 0 aliphatic carbocycles. The van der Waals surface area contributed by atoms with Crippen LogP contribution in [0.5, 0.6) is 11.5 Å². The van der Waals surface area contributed by atoms with Gasteiger partial charge in [-0.25, -0.2) is 0 Å². The van der Waals surface area contributed by atoms with Gasteiger partial charge in [-0.05, 0) is 49.2 Å². The van der Waals surface area contributed by atoms with Gasteiger partial charge in [0.05, 0.1) is 19.8 Å². The molecule has 2 N–H and O–H groups in total. The molecule has 0 aromatic heterocycles. The molecule has 2 aromatic carbocycles. The van der Waals surface area contributed by atoms with E-state index in [-0.39, 0.29) is 12.5 Å². The highest BCUT2D eigenvalue weighted by Gasteiger charge is 2.04. The minimum Gasteiger partial charge on any atom is -0.494 e. The fraction of sp³-hybridized carbons (Fsp3) is 0.350. The Morgan fingerprint density at radius 2 is 1.76 bits per heavy atom. The number of hydrogen-bond donors (Lipinski definition) is 2. The molecule has 134 valence electrons. The number of carbonyl (C=O) groups excluding carboxylic acids is 1. The Morgan fingerprint density at radius 3 is 2.44 bits per heavy atom. The Bertz CT molecular complexity index is 669. The number of ether oxygens (including phenoxy) is 2. The van der Waals surface area contributed by atoms with Crippen molar-refractivity contribution in [3.8, 4) is 11.5 Å². The molecule has 5 heteroatoms. The molecule has 0 aliphatic rings. The molecule has 1 amide bonds. The van der Waals surface area contributed by atoms with Gasteiger partial charge < -0.3 is 20.1 Å². The highest BCUT2D eigenvalue weighted by atomic mass is 16.5. The third-order valence-electron chi connectivity index (χ3n) is 3.32. The molecule has 0 saturated carbocycles. The standard InChI is InChI=1S/C20H26N2O3/c1-4-24-19-7-5-6-17(12-19)21-13-20(23)22-16-8-10-18(11-9-16)25-14-15(2)3/h5-12,15,21H,4,13-14H2,1-3H3,(H,22,23). The number of nitrogens with one attached hydrogen (secondary N) is 2. The van der Waals surface area contributed by atoms with Crippen LogP contribution in [0.4, 0.5) is 11.4 Å². The summed E-state index contributed by atoms with van der Waals surface area (Å²) in [6.45, 7) is 7.61. The fourth-order valence-corrected chi connectivity index (χ4v) is 2.15. The average Bonchev–Trinajstić information content (AvgIpc) is 2.60. The molecule has 25 heavy (non-hydrogen) atoms. The van der Waals surface area contributed by atoms with Crippen LogP contribution in [-0.4, -0.2) is 25.7 Å². The molecule has 0 heterocycles. The third kappa shape index (κ3) is 6.75. The van der Waals surface area contributed by atoms with Crippen LogP contribution in [0.2, 0.25) is 0 Å². The minimum atomic E-state index is -0.113. The van der Waals surface area contributed by atoms with Gasteiger partial charge in [-0.1, -0.05) is 19.9 Å². The first-order valence-corrected chi connectivity index (χ1v) is 8.56. The highest BCUT2D eigenvalue weighted by molar-refractivity contribution is 5.93. The van der Waals surface area contributed by atoms with E-state index in [0.29, 0.717) is 19.1 Å². The lowest BCUT2D eigenvalue weighted by Gasteiger charge is -2.11. The van der Waals surface area contributed by atoms with Gasteiger partial charge in [0, 0.05) is 17.4 Å². The zero-order valence-electron chi connectivity index (χ0n) is 15.0. The van der Waals surface area contributed by atoms with E-state index < -0.39 is 0 Å². The highest BCUT2D eigenvalue weighted by Crippen LogP contribution is 2.18. The summed E-state index contributed by atoms with van der Waals surface area (Å²) in [6, 6.07) is 14.9. The molecule has 2 rings (SSSR count). The second kappa shape index (κ2) is 9.57. The fourth-order valence-electron chi connectivity index (χ4n) is 2.15. The van der Waals surface area contributed by atoms with Crippen LogP contribution >= 0.6 is 0 Å². The largest absolute Gasteiger partial charge is 0.494 e. The van der Waals surface area contributed by atoms with Crippen LogP contribution in [0, 0.1) is 5.92 Å². The summed E-state index contributed by atoms with van der Waals surface area (Å²) in [5, 5.41) is 5.95. The molecule has 0 spiro atoms. The summed E-state index contributed by atoms with van der Waals surface area (Å²) in [6.07, 6.45) is 0. The van der Waals surface area contributed by atoms with Crippen LogP contribution in [0.15, 0.2) is 48.5 Å². The van der Waals surface area contributed by atoms with Crippen LogP contribution in [0.3, 0.4) is 0 Å². The first-order chi connectivity index (χ1) is 12.1. The monoisotopic (exact) mass is 342 g/mol. The Balaban J connectivity index is 1.80. The Kier molecular flexibility index (Phi) is 7.14. The molecule has 0 radical (unpaired) electrons. The summed E-state index contributed by atoms with van der Waals surface area (Å²) < 4.78 is 11.1. The quantitative estimate of drug-likeness (QED) is 0.718. The van der Waals surface area contributed by atoms with Crippen LogP contribution in [-0.2, 0) is 4.79 Å². The predicted octanol–water partition coefficient (Wildman–Crippen LogP) is 4.17. The average molecular weight is 342 g/mol. The van der Waals surface area contributed by atoms with E-state index in [4.69, 9.17) is 9.47 Å². The number of rotatable bonds is 9. The first kappa shape index (κ1) is 18.6.